The van der Waals surface area contributed by atoms with E-state index in [9.17, 15) is 4.79 Å². The van der Waals surface area contributed by atoms with Gasteiger partial charge >= 0.3 is 5.97 Å². The van der Waals surface area contributed by atoms with Crippen molar-refractivity contribution in [3.8, 4) is 0 Å². The Morgan fingerprint density at radius 2 is 2.40 bits per heavy atom. The number of ether oxygens (including phenoxy) is 1. The molecule has 3 N–H and O–H groups in total. The number of nitrogen functional groups attached to an aromatic ring is 1. The number of esters is 1. The second-order valence-corrected chi connectivity index (χ2v) is 6.16. The largest absolute Gasteiger partial charge is 0.465 e. The Hall–Kier alpha value is -1.34. The van der Waals surface area contributed by atoms with E-state index in [2.05, 4.69) is 28.4 Å². The normalized spacial score (nSPS) is 19.5. The molecule has 0 aromatic carbocycles. The molecule has 2 heterocycles. The average Bonchev–Trinajstić information content (AvgIpc) is 3.02. The number of nitrogens with one attached hydrogen (secondary N) is 1. The van der Waals surface area contributed by atoms with Gasteiger partial charge in [-0.1, -0.05) is 0 Å². The van der Waals surface area contributed by atoms with Gasteiger partial charge in [0.05, 0.1) is 7.11 Å². The van der Waals surface area contributed by atoms with Gasteiger partial charge in [-0.3, -0.25) is 0 Å². The molecular weight excluding hydrogens is 276 g/mol. The summed E-state index contributed by atoms with van der Waals surface area (Å²) in [7, 11) is 1.35. The van der Waals surface area contributed by atoms with E-state index in [1.165, 1.54) is 25.1 Å². The third-order valence-corrected chi connectivity index (χ3v) is 4.53. The Bertz CT molecular complexity index is 475. The molecule has 112 valence electrons. The first-order chi connectivity index (χ1) is 9.52. The number of carbonyl (C=O) groups is 1. The molecule has 0 bridgehead atoms. The van der Waals surface area contributed by atoms with Crippen molar-refractivity contribution in [2.75, 3.05) is 37.8 Å². The van der Waals surface area contributed by atoms with Crippen molar-refractivity contribution in [1.29, 1.82) is 0 Å². The summed E-state index contributed by atoms with van der Waals surface area (Å²) >= 11 is 1.21. The number of hydrogen-bond acceptors (Lipinski definition) is 7. The van der Waals surface area contributed by atoms with Crippen LogP contribution in [-0.4, -0.2) is 48.0 Å². The summed E-state index contributed by atoms with van der Waals surface area (Å²) in [4.78, 5) is 14.1. The molecule has 20 heavy (non-hydrogen) atoms. The highest BCUT2D eigenvalue weighted by atomic mass is 32.1. The zero-order chi connectivity index (χ0) is 14.7. The van der Waals surface area contributed by atoms with Crippen LogP contribution in [0, 0.1) is 5.92 Å². The number of nitrogens with zero attached hydrogens (tertiary/aromatic N) is 2. The monoisotopic (exact) mass is 298 g/mol. The maximum absolute atomic E-state index is 11.7. The van der Waals surface area contributed by atoms with Gasteiger partial charge in [0.2, 0.25) is 0 Å². The van der Waals surface area contributed by atoms with Gasteiger partial charge < -0.3 is 20.7 Å². The number of aromatic nitrogens is 1. The molecule has 0 amide bonds. The summed E-state index contributed by atoms with van der Waals surface area (Å²) in [6.07, 6.45) is 1.17. The van der Waals surface area contributed by atoms with Crippen LogP contribution in [0.4, 0.5) is 10.8 Å². The standard InChI is InChI=1S/C13H22N4O2S/c1-8(2)17-5-4-9(7-17)6-15-12-10(13(18)19-3)11(14)16-20-12/h8-9,15H,4-7H2,1-3H3,(H2,14,16). The fourth-order valence-corrected chi connectivity index (χ4v) is 3.17. The van der Waals surface area contributed by atoms with Crippen molar-refractivity contribution in [3.05, 3.63) is 5.56 Å². The first kappa shape index (κ1) is 15.1. The second-order valence-electron chi connectivity index (χ2n) is 5.39. The highest BCUT2D eigenvalue weighted by molar-refractivity contribution is 7.11. The maximum Gasteiger partial charge on any atom is 0.344 e. The molecule has 7 heteroatoms. The highest BCUT2D eigenvalue weighted by Crippen LogP contribution is 2.28. The van der Waals surface area contributed by atoms with E-state index < -0.39 is 5.97 Å². The van der Waals surface area contributed by atoms with Crippen molar-refractivity contribution in [2.24, 2.45) is 5.92 Å². The lowest BCUT2D eigenvalue weighted by Gasteiger charge is -2.20. The molecule has 1 aliphatic rings. The van der Waals surface area contributed by atoms with E-state index in [0.717, 1.165) is 19.6 Å². The zero-order valence-electron chi connectivity index (χ0n) is 12.2. The number of hydrogen-bond donors (Lipinski definition) is 2. The summed E-state index contributed by atoms with van der Waals surface area (Å²) in [5, 5.41) is 4.01. The number of carbonyl (C=O) groups excluding carboxylic acids is 1. The van der Waals surface area contributed by atoms with E-state index in [0.29, 0.717) is 22.5 Å². The smallest absolute Gasteiger partial charge is 0.344 e. The number of nitrogens with two attached hydrogens (primary N) is 1. The van der Waals surface area contributed by atoms with Gasteiger partial charge in [0.25, 0.3) is 0 Å². The minimum absolute atomic E-state index is 0.236. The van der Waals surface area contributed by atoms with Crippen LogP contribution in [-0.2, 0) is 4.74 Å². The van der Waals surface area contributed by atoms with Gasteiger partial charge in [-0.05, 0) is 44.3 Å². The molecule has 1 fully saturated rings. The molecule has 1 aliphatic heterocycles. The lowest BCUT2D eigenvalue weighted by atomic mass is 10.1. The van der Waals surface area contributed by atoms with E-state index in [-0.39, 0.29) is 5.82 Å². The SMILES string of the molecule is COC(=O)c1c(N)nsc1NCC1CCN(C(C)C)C1. The second kappa shape index (κ2) is 6.41. The van der Waals surface area contributed by atoms with Crippen LogP contribution < -0.4 is 11.1 Å². The Kier molecular flexibility index (Phi) is 4.82. The molecule has 1 aromatic rings. The lowest BCUT2D eigenvalue weighted by molar-refractivity contribution is 0.0603. The van der Waals surface area contributed by atoms with Gasteiger partial charge in [-0.15, -0.1) is 0 Å². The Morgan fingerprint density at radius 3 is 3.00 bits per heavy atom. The quantitative estimate of drug-likeness (QED) is 0.805. The summed E-state index contributed by atoms with van der Waals surface area (Å²) in [6, 6.07) is 0.588. The molecule has 0 saturated carbocycles. The lowest BCUT2D eigenvalue weighted by Crippen LogP contribution is -2.29. The fraction of sp³-hybridized carbons (Fsp3) is 0.692. The minimum atomic E-state index is -0.436. The molecule has 6 nitrogen and oxygen atoms in total. The third kappa shape index (κ3) is 3.21. The minimum Gasteiger partial charge on any atom is -0.465 e. The number of rotatable bonds is 5. The van der Waals surface area contributed by atoms with Crippen LogP contribution in [0.25, 0.3) is 0 Å². The first-order valence-electron chi connectivity index (χ1n) is 6.84. The van der Waals surface area contributed by atoms with Crippen molar-refractivity contribution in [3.63, 3.8) is 0 Å². The van der Waals surface area contributed by atoms with Crippen LogP contribution in [0.3, 0.4) is 0 Å². The summed E-state index contributed by atoms with van der Waals surface area (Å²) in [5.41, 5.74) is 6.07. The van der Waals surface area contributed by atoms with Gasteiger partial charge in [-0.2, -0.15) is 4.37 Å². The predicted octanol–water partition coefficient (Wildman–Crippen LogP) is 1.65. The Balaban J connectivity index is 1.94. The average molecular weight is 298 g/mol. The highest BCUT2D eigenvalue weighted by Gasteiger charge is 2.25. The predicted molar refractivity (Wildman–Crippen MR) is 81.2 cm³/mol. The maximum atomic E-state index is 11.7. The molecular formula is C13H22N4O2S. The number of anilines is 2. The third-order valence-electron chi connectivity index (χ3n) is 3.71. The summed E-state index contributed by atoms with van der Waals surface area (Å²) < 4.78 is 8.76. The van der Waals surface area contributed by atoms with E-state index in [1.54, 1.807) is 0 Å². The summed E-state index contributed by atoms with van der Waals surface area (Å²) in [5.74, 6) is 0.389. The molecule has 1 atom stereocenters. The number of likely N-dealkylation sites (tertiary alicyclic amines) is 1. The van der Waals surface area contributed by atoms with Crippen molar-refractivity contribution >= 4 is 28.3 Å². The molecule has 0 spiro atoms. The van der Waals surface area contributed by atoms with Crippen LogP contribution in [0.2, 0.25) is 0 Å². The molecule has 1 saturated heterocycles. The van der Waals surface area contributed by atoms with E-state index >= 15 is 0 Å². The van der Waals surface area contributed by atoms with Crippen LogP contribution >= 0.6 is 11.5 Å². The molecule has 1 unspecified atom stereocenters. The summed E-state index contributed by atoms with van der Waals surface area (Å²) in [6.45, 7) is 7.49. The van der Waals surface area contributed by atoms with E-state index in [1.807, 2.05) is 0 Å². The van der Waals surface area contributed by atoms with Gasteiger partial charge in [-0.25, -0.2) is 4.79 Å². The van der Waals surface area contributed by atoms with Crippen LogP contribution in [0.5, 0.6) is 0 Å². The molecule has 2 rings (SSSR count). The van der Waals surface area contributed by atoms with Crippen molar-refractivity contribution < 1.29 is 9.53 Å². The van der Waals surface area contributed by atoms with Crippen molar-refractivity contribution in [2.45, 2.75) is 26.3 Å². The fourth-order valence-electron chi connectivity index (χ4n) is 2.46. The van der Waals surface area contributed by atoms with Crippen molar-refractivity contribution in [1.82, 2.24) is 9.27 Å². The Morgan fingerprint density at radius 1 is 1.65 bits per heavy atom. The van der Waals surface area contributed by atoms with Crippen LogP contribution in [0.1, 0.15) is 30.6 Å². The first-order valence-corrected chi connectivity index (χ1v) is 7.61. The molecule has 1 aromatic heterocycles. The van der Waals surface area contributed by atoms with Gasteiger partial charge in [0.15, 0.2) is 5.82 Å². The van der Waals surface area contributed by atoms with Gasteiger partial charge in [0, 0.05) is 19.1 Å². The molecule has 0 radical (unpaired) electrons. The topological polar surface area (TPSA) is 80.5 Å². The molecule has 0 aliphatic carbocycles. The van der Waals surface area contributed by atoms with Gasteiger partial charge in [0.1, 0.15) is 10.6 Å². The van der Waals surface area contributed by atoms with E-state index in [4.69, 9.17) is 10.5 Å². The number of methoxy groups -OCH3 is 1. The Labute approximate surface area is 123 Å². The van der Waals surface area contributed by atoms with Crippen LogP contribution in [0.15, 0.2) is 0 Å². The zero-order valence-corrected chi connectivity index (χ0v) is 13.0.